The number of fused-ring (bicyclic) bond motifs is 1. The second-order valence-electron chi connectivity index (χ2n) is 4.71. The highest BCUT2D eigenvalue weighted by Crippen LogP contribution is 2.35. The molecule has 21 heavy (non-hydrogen) atoms. The molecule has 108 valence electrons. The van der Waals surface area contributed by atoms with E-state index in [1.54, 1.807) is 11.3 Å². The third kappa shape index (κ3) is 2.84. The molecular formula is C14H12BrClN4S. The summed E-state index contributed by atoms with van der Waals surface area (Å²) in [6.07, 6.45) is 0. The van der Waals surface area contributed by atoms with Gasteiger partial charge in [-0.3, -0.25) is 0 Å². The van der Waals surface area contributed by atoms with Gasteiger partial charge in [-0.2, -0.15) is 4.98 Å². The zero-order valence-corrected chi connectivity index (χ0v) is 14.5. The Hall–Kier alpha value is -1.37. The first-order chi connectivity index (χ1) is 9.94. The van der Waals surface area contributed by atoms with Crippen molar-refractivity contribution < 1.29 is 0 Å². The average molecular weight is 384 g/mol. The van der Waals surface area contributed by atoms with Gasteiger partial charge in [0.15, 0.2) is 0 Å². The van der Waals surface area contributed by atoms with Crippen molar-refractivity contribution in [1.82, 2.24) is 9.97 Å². The van der Waals surface area contributed by atoms with E-state index in [2.05, 4.69) is 31.2 Å². The molecule has 3 N–H and O–H groups in total. The molecule has 1 aromatic carbocycles. The van der Waals surface area contributed by atoms with Gasteiger partial charge in [-0.05, 0) is 53.5 Å². The zero-order chi connectivity index (χ0) is 15.1. The number of hydrogen-bond acceptors (Lipinski definition) is 5. The van der Waals surface area contributed by atoms with Crippen molar-refractivity contribution in [3.8, 4) is 0 Å². The molecule has 0 saturated heterocycles. The number of nitrogen functional groups attached to an aromatic ring is 1. The standard InChI is InChI=1S/C14H12BrClN4S/c1-6-3-9(15)11(5-10(6)16)18-12-8-4-7(2)21-13(8)20-14(17)19-12/h3-5H,1-2H3,(H3,17,18,19,20). The molecule has 0 amide bonds. The molecule has 0 aliphatic carbocycles. The van der Waals surface area contributed by atoms with E-state index in [4.69, 9.17) is 17.3 Å². The van der Waals surface area contributed by atoms with Gasteiger partial charge >= 0.3 is 0 Å². The minimum Gasteiger partial charge on any atom is -0.368 e. The number of rotatable bonds is 2. The Kier molecular flexibility index (Phi) is 3.77. The Morgan fingerprint density at radius 1 is 1.24 bits per heavy atom. The smallest absolute Gasteiger partial charge is 0.223 e. The fraction of sp³-hybridized carbons (Fsp3) is 0.143. The predicted octanol–water partition coefficient (Wildman–Crippen LogP) is 5.05. The van der Waals surface area contributed by atoms with Gasteiger partial charge in [0.1, 0.15) is 10.6 Å². The number of halogens is 2. The summed E-state index contributed by atoms with van der Waals surface area (Å²) >= 11 is 11.3. The van der Waals surface area contributed by atoms with Crippen molar-refractivity contribution in [2.75, 3.05) is 11.1 Å². The Labute approximate surface area is 139 Å². The summed E-state index contributed by atoms with van der Waals surface area (Å²) in [4.78, 5) is 10.6. The second-order valence-corrected chi connectivity index (χ2v) is 7.21. The highest BCUT2D eigenvalue weighted by atomic mass is 79.9. The van der Waals surface area contributed by atoms with E-state index in [9.17, 15) is 0 Å². The normalized spacial score (nSPS) is 11.0. The van der Waals surface area contributed by atoms with E-state index in [0.29, 0.717) is 10.8 Å². The fourth-order valence-corrected chi connectivity index (χ4v) is 3.63. The van der Waals surface area contributed by atoms with Crippen LogP contribution in [0, 0.1) is 13.8 Å². The maximum atomic E-state index is 6.19. The lowest BCUT2D eigenvalue weighted by molar-refractivity contribution is 1.24. The lowest BCUT2D eigenvalue weighted by Crippen LogP contribution is -2.00. The lowest BCUT2D eigenvalue weighted by atomic mass is 10.2. The van der Waals surface area contributed by atoms with Crippen LogP contribution in [0.2, 0.25) is 5.02 Å². The van der Waals surface area contributed by atoms with E-state index in [0.717, 1.165) is 30.8 Å². The van der Waals surface area contributed by atoms with Crippen LogP contribution in [0.25, 0.3) is 10.2 Å². The van der Waals surface area contributed by atoms with E-state index in [1.807, 2.05) is 32.0 Å². The van der Waals surface area contributed by atoms with Gasteiger partial charge in [-0.1, -0.05) is 11.6 Å². The van der Waals surface area contributed by atoms with Gasteiger partial charge in [0.2, 0.25) is 5.95 Å². The third-order valence-corrected chi connectivity index (χ3v) is 5.04. The molecule has 2 heterocycles. The Balaban J connectivity index is 2.11. The van der Waals surface area contributed by atoms with Gasteiger partial charge in [-0.15, -0.1) is 11.3 Å². The summed E-state index contributed by atoms with van der Waals surface area (Å²) in [6, 6.07) is 5.88. The molecule has 0 radical (unpaired) electrons. The predicted molar refractivity (Wildman–Crippen MR) is 93.7 cm³/mol. The van der Waals surface area contributed by atoms with Crippen LogP contribution >= 0.6 is 38.9 Å². The van der Waals surface area contributed by atoms with Crippen molar-refractivity contribution in [3.05, 3.63) is 38.1 Å². The van der Waals surface area contributed by atoms with Crippen LogP contribution in [0.15, 0.2) is 22.7 Å². The SMILES string of the molecule is Cc1cc2c(Nc3cc(Cl)c(C)cc3Br)nc(N)nc2s1. The van der Waals surface area contributed by atoms with E-state index in [1.165, 1.54) is 0 Å². The molecule has 4 nitrogen and oxygen atoms in total. The number of anilines is 3. The van der Waals surface area contributed by atoms with Gasteiger partial charge < -0.3 is 11.1 Å². The topological polar surface area (TPSA) is 63.8 Å². The first-order valence-corrected chi connectivity index (χ1v) is 8.19. The number of nitrogens with one attached hydrogen (secondary N) is 1. The monoisotopic (exact) mass is 382 g/mol. The van der Waals surface area contributed by atoms with Gasteiger partial charge in [0, 0.05) is 14.4 Å². The second kappa shape index (κ2) is 5.44. The summed E-state index contributed by atoms with van der Waals surface area (Å²) in [7, 11) is 0. The van der Waals surface area contributed by atoms with Crippen molar-refractivity contribution >= 4 is 66.5 Å². The van der Waals surface area contributed by atoms with Crippen molar-refractivity contribution in [2.24, 2.45) is 0 Å². The Bertz CT molecular complexity index is 847. The summed E-state index contributed by atoms with van der Waals surface area (Å²) in [5, 5.41) is 4.93. The molecule has 0 unspecified atom stereocenters. The molecule has 0 aliphatic heterocycles. The molecule has 0 spiro atoms. The Morgan fingerprint density at radius 3 is 2.76 bits per heavy atom. The maximum absolute atomic E-state index is 6.19. The minimum absolute atomic E-state index is 0.251. The molecule has 0 bridgehead atoms. The number of nitrogens with two attached hydrogens (primary N) is 1. The van der Waals surface area contributed by atoms with Crippen LogP contribution in [0.3, 0.4) is 0 Å². The number of hydrogen-bond donors (Lipinski definition) is 2. The fourth-order valence-electron chi connectivity index (χ4n) is 2.02. The van der Waals surface area contributed by atoms with Crippen molar-refractivity contribution in [1.29, 1.82) is 0 Å². The summed E-state index contributed by atoms with van der Waals surface area (Å²) in [5.74, 6) is 0.934. The van der Waals surface area contributed by atoms with Crippen LogP contribution in [0.1, 0.15) is 10.4 Å². The van der Waals surface area contributed by atoms with Crippen LogP contribution in [-0.4, -0.2) is 9.97 Å². The maximum Gasteiger partial charge on any atom is 0.223 e. The van der Waals surface area contributed by atoms with Gasteiger partial charge in [-0.25, -0.2) is 4.98 Å². The highest BCUT2D eigenvalue weighted by molar-refractivity contribution is 9.10. The molecule has 0 atom stereocenters. The van der Waals surface area contributed by atoms with Crippen molar-refractivity contribution in [2.45, 2.75) is 13.8 Å². The molecule has 3 aromatic rings. The van der Waals surface area contributed by atoms with Gasteiger partial charge in [0.25, 0.3) is 0 Å². The van der Waals surface area contributed by atoms with Crippen LogP contribution in [0.4, 0.5) is 17.5 Å². The number of benzene rings is 1. The van der Waals surface area contributed by atoms with E-state index < -0.39 is 0 Å². The first-order valence-electron chi connectivity index (χ1n) is 6.20. The molecule has 0 saturated carbocycles. The van der Waals surface area contributed by atoms with Gasteiger partial charge in [0.05, 0.1) is 11.1 Å². The highest BCUT2D eigenvalue weighted by Gasteiger charge is 2.12. The van der Waals surface area contributed by atoms with E-state index >= 15 is 0 Å². The molecular weight excluding hydrogens is 372 g/mol. The number of nitrogens with zero attached hydrogens (tertiary/aromatic N) is 2. The summed E-state index contributed by atoms with van der Waals surface area (Å²) in [5.41, 5.74) is 7.64. The van der Waals surface area contributed by atoms with Crippen LogP contribution in [-0.2, 0) is 0 Å². The Morgan fingerprint density at radius 2 is 2.00 bits per heavy atom. The molecule has 2 aromatic heterocycles. The third-order valence-electron chi connectivity index (χ3n) is 3.03. The number of aryl methyl sites for hydroxylation is 2. The largest absolute Gasteiger partial charge is 0.368 e. The molecule has 7 heteroatoms. The lowest BCUT2D eigenvalue weighted by Gasteiger charge is -2.11. The number of thiophene rings is 1. The summed E-state index contributed by atoms with van der Waals surface area (Å²) in [6.45, 7) is 3.99. The zero-order valence-electron chi connectivity index (χ0n) is 11.4. The van der Waals surface area contributed by atoms with Crippen molar-refractivity contribution in [3.63, 3.8) is 0 Å². The molecule has 3 rings (SSSR count). The number of aromatic nitrogens is 2. The van der Waals surface area contributed by atoms with E-state index in [-0.39, 0.29) is 5.95 Å². The quantitative estimate of drug-likeness (QED) is 0.650. The first kappa shape index (κ1) is 14.6. The van der Waals surface area contributed by atoms with Crippen LogP contribution < -0.4 is 11.1 Å². The minimum atomic E-state index is 0.251. The average Bonchev–Trinajstić information content (AvgIpc) is 2.76. The molecule has 0 fully saturated rings. The molecule has 0 aliphatic rings. The van der Waals surface area contributed by atoms with Crippen LogP contribution in [0.5, 0.6) is 0 Å². The summed E-state index contributed by atoms with van der Waals surface area (Å²) < 4.78 is 0.918.